The van der Waals surface area contributed by atoms with Gasteiger partial charge < -0.3 is 14.9 Å². The zero-order valence-corrected chi connectivity index (χ0v) is 12.7. The second-order valence-electron chi connectivity index (χ2n) is 6.23. The molecule has 0 bridgehead atoms. The van der Waals surface area contributed by atoms with Crippen LogP contribution in [0.25, 0.3) is 0 Å². The van der Waals surface area contributed by atoms with Gasteiger partial charge in [0.05, 0.1) is 5.60 Å². The topological polar surface area (TPSA) is 49.7 Å². The van der Waals surface area contributed by atoms with Gasteiger partial charge in [0.1, 0.15) is 11.5 Å². The van der Waals surface area contributed by atoms with E-state index in [1.54, 1.807) is 19.2 Å². The smallest absolute Gasteiger partial charge is 0.119 e. The highest BCUT2D eigenvalue weighted by molar-refractivity contribution is 5.44. The van der Waals surface area contributed by atoms with Gasteiger partial charge in [0.2, 0.25) is 0 Å². The quantitative estimate of drug-likeness (QED) is 0.649. The van der Waals surface area contributed by atoms with Gasteiger partial charge in [0.15, 0.2) is 0 Å². The van der Waals surface area contributed by atoms with Crippen molar-refractivity contribution in [1.29, 1.82) is 0 Å². The Hall–Kier alpha value is -1.48. The van der Waals surface area contributed by atoms with E-state index in [2.05, 4.69) is 26.8 Å². The van der Waals surface area contributed by atoms with Crippen molar-refractivity contribution >= 4 is 0 Å². The van der Waals surface area contributed by atoms with E-state index in [4.69, 9.17) is 4.74 Å². The Morgan fingerprint density at radius 3 is 2.60 bits per heavy atom. The first-order chi connectivity index (χ1) is 9.35. The monoisotopic (exact) mass is 276 g/mol. The van der Waals surface area contributed by atoms with E-state index in [1.165, 1.54) is 11.6 Å². The highest BCUT2D eigenvalue weighted by Crippen LogP contribution is 2.46. The van der Waals surface area contributed by atoms with Gasteiger partial charge in [-0.3, -0.25) is 0 Å². The normalized spacial score (nSPS) is 23.5. The molecule has 2 rings (SSSR count). The summed E-state index contributed by atoms with van der Waals surface area (Å²) in [4.78, 5) is 0. The van der Waals surface area contributed by atoms with Crippen molar-refractivity contribution in [3.05, 3.63) is 35.4 Å². The molecule has 0 fully saturated rings. The van der Waals surface area contributed by atoms with Gasteiger partial charge in [-0.1, -0.05) is 11.6 Å². The third kappa shape index (κ3) is 2.83. The Bertz CT molecular complexity index is 517. The number of hydrogen-bond donors (Lipinski definition) is 2. The lowest BCUT2D eigenvalue weighted by Crippen LogP contribution is -2.38. The van der Waals surface area contributed by atoms with Crippen LogP contribution in [0.3, 0.4) is 0 Å². The minimum Gasteiger partial charge on any atom is -0.508 e. The number of phenolic OH excluding ortho intramolecular Hbond substituents is 2. The highest BCUT2D eigenvalue weighted by atomic mass is 16.5. The lowest BCUT2D eigenvalue weighted by Gasteiger charge is -2.40. The first-order valence-corrected chi connectivity index (χ1v) is 7.09. The first kappa shape index (κ1) is 14.9. The average molecular weight is 276 g/mol. The molecule has 2 N–H and O–H groups in total. The van der Waals surface area contributed by atoms with E-state index in [9.17, 15) is 10.2 Å². The molecule has 0 amide bonds. The molecule has 0 saturated heterocycles. The number of aromatic hydroxyl groups is 2. The molecule has 3 nitrogen and oxygen atoms in total. The van der Waals surface area contributed by atoms with Crippen LogP contribution in [0.15, 0.2) is 29.8 Å². The Labute approximate surface area is 120 Å². The lowest BCUT2D eigenvalue weighted by atomic mass is 9.70. The molecule has 1 aromatic rings. The minimum atomic E-state index is -0.278. The van der Waals surface area contributed by atoms with Crippen molar-refractivity contribution in [3.63, 3.8) is 0 Å². The molecular weight excluding hydrogens is 252 g/mol. The lowest BCUT2D eigenvalue weighted by molar-refractivity contribution is -0.0375. The van der Waals surface area contributed by atoms with Crippen LogP contribution in [0, 0.1) is 5.92 Å². The molecule has 2 atom stereocenters. The Kier molecular flexibility index (Phi) is 4.09. The molecule has 0 aliphatic heterocycles. The molecule has 1 aliphatic rings. The van der Waals surface area contributed by atoms with Gasteiger partial charge in [-0.15, -0.1) is 0 Å². The predicted molar refractivity (Wildman–Crippen MR) is 80.1 cm³/mol. The van der Waals surface area contributed by atoms with Crippen molar-refractivity contribution in [2.75, 3.05) is 7.11 Å². The van der Waals surface area contributed by atoms with Crippen LogP contribution in [0.4, 0.5) is 0 Å². The van der Waals surface area contributed by atoms with E-state index in [0.29, 0.717) is 0 Å². The second kappa shape index (κ2) is 5.49. The summed E-state index contributed by atoms with van der Waals surface area (Å²) in [6, 6.07) is 4.72. The summed E-state index contributed by atoms with van der Waals surface area (Å²) in [5.74, 6) is 0.744. The molecule has 0 spiro atoms. The largest absolute Gasteiger partial charge is 0.508 e. The third-order valence-corrected chi connectivity index (χ3v) is 4.54. The number of rotatable bonds is 3. The number of hydrogen-bond acceptors (Lipinski definition) is 3. The molecule has 1 aliphatic carbocycles. The summed E-state index contributed by atoms with van der Waals surface area (Å²) in [5.41, 5.74) is 1.82. The SMILES string of the molecule is COC(C)(C)[C@H]1CCC(C)=C[C@@H]1c1cc(O)ccc1O. The predicted octanol–water partition coefficient (Wildman–Crippen LogP) is 3.96. The summed E-state index contributed by atoms with van der Waals surface area (Å²) >= 11 is 0. The fourth-order valence-corrected chi connectivity index (χ4v) is 3.12. The zero-order chi connectivity index (χ0) is 14.9. The molecule has 0 unspecified atom stereocenters. The Morgan fingerprint density at radius 1 is 1.25 bits per heavy atom. The van der Waals surface area contributed by atoms with Crippen molar-refractivity contribution in [2.24, 2.45) is 5.92 Å². The van der Waals surface area contributed by atoms with Gasteiger partial charge >= 0.3 is 0 Å². The van der Waals surface area contributed by atoms with Crippen molar-refractivity contribution in [2.45, 2.75) is 45.1 Å². The van der Waals surface area contributed by atoms with Gasteiger partial charge in [-0.2, -0.15) is 0 Å². The molecule has 0 heterocycles. The number of phenols is 2. The molecule has 0 aromatic heterocycles. The van der Waals surface area contributed by atoms with Crippen LogP contribution >= 0.6 is 0 Å². The second-order valence-corrected chi connectivity index (χ2v) is 6.23. The van der Waals surface area contributed by atoms with Crippen LogP contribution < -0.4 is 0 Å². The van der Waals surface area contributed by atoms with Gasteiger partial charge in [-0.05, 0) is 57.7 Å². The molecule has 3 heteroatoms. The Balaban J connectivity index is 2.48. The van der Waals surface area contributed by atoms with Crippen LogP contribution in [0.2, 0.25) is 0 Å². The third-order valence-electron chi connectivity index (χ3n) is 4.54. The van der Waals surface area contributed by atoms with Gasteiger partial charge in [0.25, 0.3) is 0 Å². The van der Waals surface area contributed by atoms with E-state index < -0.39 is 0 Å². The van der Waals surface area contributed by atoms with Gasteiger partial charge in [-0.25, -0.2) is 0 Å². The highest BCUT2D eigenvalue weighted by Gasteiger charge is 2.38. The summed E-state index contributed by atoms with van der Waals surface area (Å²) in [5, 5.41) is 19.9. The van der Waals surface area contributed by atoms with Crippen molar-refractivity contribution in [1.82, 2.24) is 0 Å². The summed E-state index contributed by atoms with van der Waals surface area (Å²) < 4.78 is 5.66. The van der Waals surface area contributed by atoms with E-state index in [1.807, 2.05) is 0 Å². The van der Waals surface area contributed by atoms with Crippen LogP contribution in [-0.2, 0) is 4.74 Å². The Morgan fingerprint density at radius 2 is 1.95 bits per heavy atom. The maximum atomic E-state index is 10.1. The molecule has 110 valence electrons. The molecule has 1 aromatic carbocycles. The number of methoxy groups -OCH3 is 1. The average Bonchev–Trinajstić information content (AvgIpc) is 2.41. The van der Waals surface area contributed by atoms with Crippen molar-refractivity contribution < 1.29 is 14.9 Å². The van der Waals surface area contributed by atoms with Crippen molar-refractivity contribution in [3.8, 4) is 11.5 Å². The molecule has 0 radical (unpaired) electrons. The summed E-state index contributed by atoms with van der Waals surface area (Å²) in [7, 11) is 1.73. The first-order valence-electron chi connectivity index (χ1n) is 7.09. The van der Waals surface area contributed by atoms with E-state index in [0.717, 1.165) is 18.4 Å². The maximum absolute atomic E-state index is 10.1. The zero-order valence-electron chi connectivity index (χ0n) is 12.7. The maximum Gasteiger partial charge on any atom is 0.119 e. The van der Waals surface area contributed by atoms with E-state index in [-0.39, 0.29) is 28.9 Å². The van der Waals surface area contributed by atoms with Crippen LogP contribution in [0.5, 0.6) is 11.5 Å². The summed E-state index contributed by atoms with van der Waals surface area (Å²) in [6.07, 6.45) is 4.26. The number of benzene rings is 1. The molecule has 20 heavy (non-hydrogen) atoms. The molecular formula is C17H24O3. The number of allylic oxidation sites excluding steroid dienone is 2. The minimum absolute atomic E-state index is 0.0609. The fraction of sp³-hybridized carbons (Fsp3) is 0.529. The summed E-state index contributed by atoms with van der Waals surface area (Å²) in [6.45, 7) is 6.28. The van der Waals surface area contributed by atoms with Gasteiger partial charge in [0, 0.05) is 18.6 Å². The standard InChI is InChI=1S/C17H24O3/c1-11-5-7-15(17(2,3)20-4)13(9-11)14-10-12(18)6-8-16(14)19/h6,8-10,13,15,18-19H,5,7H2,1-4H3/t13-,15+/m1/s1. The van der Waals surface area contributed by atoms with Crippen LogP contribution in [0.1, 0.15) is 45.1 Å². The van der Waals surface area contributed by atoms with E-state index >= 15 is 0 Å². The molecule has 0 saturated carbocycles. The van der Waals surface area contributed by atoms with Crippen LogP contribution in [-0.4, -0.2) is 22.9 Å². The fourth-order valence-electron chi connectivity index (χ4n) is 3.12. The number of ether oxygens (including phenoxy) is 1.